The summed E-state index contributed by atoms with van der Waals surface area (Å²) in [4.78, 5) is 0. The topological polar surface area (TPSA) is 0 Å². The van der Waals surface area contributed by atoms with Gasteiger partial charge in [-0.05, 0) is 47.9 Å². The molecule has 0 radical (unpaired) electrons. The first kappa shape index (κ1) is 28.7. The highest BCUT2D eigenvalue weighted by Crippen LogP contribution is 2.56. The van der Waals surface area contributed by atoms with E-state index in [1.54, 1.807) is 0 Å². The van der Waals surface area contributed by atoms with Crippen LogP contribution in [0.1, 0.15) is 113 Å². The molecule has 0 unspecified atom stereocenters. The van der Waals surface area contributed by atoms with Crippen LogP contribution in [0.3, 0.4) is 0 Å². The molecule has 184 valence electrons. The highest BCUT2D eigenvalue weighted by atomic mass is 32.9. The Hall–Kier alpha value is -0.560. The molecule has 3 heteroatoms. The van der Waals surface area contributed by atoms with E-state index in [1.165, 1.54) is 112 Å². The molecule has 0 N–H and O–H groups in total. The molecule has 0 aliphatic heterocycles. The molecule has 0 saturated heterocycles. The van der Waals surface area contributed by atoms with Crippen molar-refractivity contribution < 1.29 is 0 Å². The molecule has 0 aromatic heterocycles. The molecule has 2 aromatic carbocycles. The summed E-state index contributed by atoms with van der Waals surface area (Å²) in [6, 6.07) is 18.4. The highest BCUT2D eigenvalue weighted by molar-refractivity contribution is 8.62. The van der Waals surface area contributed by atoms with Gasteiger partial charge in [0.15, 0.2) is 0 Å². The van der Waals surface area contributed by atoms with Crippen molar-refractivity contribution in [1.82, 2.24) is 0 Å². The van der Waals surface area contributed by atoms with Gasteiger partial charge >= 0.3 is 0 Å². The first-order valence-corrected chi connectivity index (χ1v) is 17.8. The predicted molar refractivity (Wildman–Crippen MR) is 158 cm³/mol. The number of unbranched alkanes of at least 4 members (excludes halogenated alkanes) is 10. The summed E-state index contributed by atoms with van der Waals surface area (Å²) < 4.78 is 0. The van der Waals surface area contributed by atoms with Crippen molar-refractivity contribution in [1.29, 1.82) is 0 Å². The van der Waals surface area contributed by atoms with E-state index in [0.29, 0.717) is 0 Å². The van der Waals surface area contributed by atoms with E-state index in [4.69, 9.17) is 24.1 Å². The largest absolute Gasteiger partial charge is 0.140 e. The van der Waals surface area contributed by atoms with Gasteiger partial charge in [0.1, 0.15) is 0 Å². The lowest BCUT2D eigenvalue weighted by molar-refractivity contribution is 0.607. The van der Waals surface area contributed by atoms with E-state index in [9.17, 15) is 0 Å². The van der Waals surface area contributed by atoms with Gasteiger partial charge in [0.2, 0.25) is 0 Å². The molecule has 0 saturated carbocycles. The minimum absolute atomic E-state index is 0.933. The normalized spacial score (nSPS) is 11.7. The molecule has 0 bridgehead atoms. The summed E-state index contributed by atoms with van der Waals surface area (Å²) >= 11 is 11.0. The maximum absolute atomic E-state index is 5.99. The summed E-state index contributed by atoms with van der Waals surface area (Å²) in [5.41, 5.74) is 5.62. The standard InChI is InChI=1S/C30H47PS2/c1-3-5-7-9-11-13-15-27-17-21-29(22-18-27)25-31(32,33)26-30-23-19-28(20-24-30)16-14-12-10-8-6-4-2/h17-24H,3-16,25-26H2,1-2H3,(H,32,33). The molecule has 0 fully saturated rings. The first-order valence-electron chi connectivity index (χ1n) is 13.5. The number of benzene rings is 2. The zero-order chi connectivity index (χ0) is 23.8. The smallest absolute Gasteiger partial charge is 0.0118 e. The van der Waals surface area contributed by atoms with Crippen molar-refractivity contribution >= 4 is 29.3 Å². The Balaban J connectivity index is 1.72. The number of hydrogen-bond donors (Lipinski definition) is 1. The molecule has 0 nitrogen and oxygen atoms in total. The molecule has 0 aliphatic rings. The van der Waals surface area contributed by atoms with Gasteiger partial charge in [-0.15, -0.1) is 12.2 Å². The van der Waals surface area contributed by atoms with Crippen molar-refractivity contribution in [2.45, 2.75) is 116 Å². The van der Waals surface area contributed by atoms with Crippen LogP contribution in [0.4, 0.5) is 0 Å². The SMILES string of the molecule is CCCCCCCCc1ccc(CP(=S)(S)Cc2ccc(CCCCCCCC)cc2)cc1. The van der Waals surface area contributed by atoms with Crippen molar-refractivity contribution in [3.8, 4) is 0 Å². The van der Waals surface area contributed by atoms with Gasteiger partial charge < -0.3 is 0 Å². The van der Waals surface area contributed by atoms with Gasteiger partial charge in [-0.3, -0.25) is 0 Å². The number of hydrogen-bond acceptors (Lipinski definition) is 1. The fourth-order valence-corrected chi connectivity index (χ4v) is 8.02. The lowest BCUT2D eigenvalue weighted by atomic mass is 10.0. The molecule has 2 aromatic rings. The predicted octanol–water partition coefficient (Wildman–Crippen LogP) is 10.5. The molecule has 0 heterocycles. The quantitative estimate of drug-likeness (QED) is 0.120. The van der Waals surface area contributed by atoms with Gasteiger partial charge in [0, 0.05) is 17.6 Å². The Morgan fingerprint density at radius 1 is 0.515 bits per heavy atom. The highest BCUT2D eigenvalue weighted by Gasteiger charge is 2.14. The first-order chi connectivity index (χ1) is 16.0. The summed E-state index contributed by atoms with van der Waals surface area (Å²) in [5.74, 6) is 0. The van der Waals surface area contributed by atoms with E-state index in [1.807, 2.05) is 0 Å². The Morgan fingerprint density at radius 3 is 1.18 bits per heavy atom. The van der Waals surface area contributed by atoms with E-state index in [0.717, 1.165) is 12.3 Å². The summed E-state index contributed by atoms with van der Waals surface area (Å²) in [7, 11) is 0. The van der Waals surface area contributed by atoms with Crippen molar-refractivity contribution in [2.24, 2.45) is 0 Å². The second kappa shape index (κ2) is 17.0. The lowest BCUT2D eigenvalue weighted by Crippen LogP contribution is -1.92. The van der Waals surface area contributed by atoms with Crippen LogP contribution in [0.25, 0.3) is 0 Å². The van der Waals surface area contributed by atoms with Crippen molar-refractivity contribution in [3.05, 3.63) is 70.8 Å². The number of aryl methyl sites for hydroxylation is 2. The van der Waals surface area contributed by atoms with Gasteiger partial charge in [-0.1, -0.05) is 138 Å². The van der Waals surface area contributed by atoms with E-state index in [-0.39, 0.29) is 0 Å². The fourth-order valence-electron chi connectivity index (χ4n) is 4.47. The van der Waals surface area contributed by atoms with E-state index in [2.05, 4.69) is 62.4 Å². The van der Waals surface area contributed by atoms with Crippen LogP contribution in [-0.2, 0) is 37.0 Å². The Bertz CT molecular complexity index is 730. The monoisotopic (exact) mass is 502 g/mol. The molecule has 2 rings (SSSR count). The maximum Gasteiger partial charge on any atom is 0.0118 e. The van der Waals surface area contributed by atoms with Crippen LogP contribution in [-0.4, -0.2) is 0 Å². The third kappa shape index (κ3) is 13.2. The Morgan fingerprint density at radius 2 is 0.818 bits per heavy atom. The number of rotatable bonds is 18. The van der Waals surface area contributed by atoms with Crippen LogP contribution in [0.5, 0.6) is 0 Å². The van der Waals surface area contributed by atoms with Gasteiger partial charge in [-0.2, -0.15) is 0 Å². The average Bonchev–Trinajstić information content (AvgIpc) is 2.80. The zero-order valence-electron chi connectivity index (χ0n) is 21.2. The molecule has 0 atom stereocenters. The summed E-state index contributed by atoms with van der Waals surface area (Å²) in [6.45, 7) is 4.56. The fraction of sp³-hybridized carbons (Fsp3) is 0.600. The second-order valence-electron chi connectivity index (χ2n) is 9.83. The van der Waals surface area contributed by atoms with Gasteiger partial charge in [0.25, 0.3) is 0 Å². The summed E-state index contributed by atoms with van der Waals surface area (Å²) in [5, 5.41) is -1.71. The average molecular weight is 503 g/mol. The molecule has 33 heavy (non-hydrogen) atoms. The molecule has 0 aliphatic carbocycles. The summed E-state index contributed by atoms with van der Waals surface area (Å²) in [6.07, 6.45) is 20.6. The van der Waals surface area contributed by atoms with Gasteiger partial charge in [-0.25, -0.2) is 0 Å². The minimum atomic E-state index is -1.71. The van der Waals surface area contributed by atoms with Gasteiger partial charge in [0.05, 0.1) is 0 Å². The third-order valence-corrected chi connectivity index (χ3v) is 9.88. The molecular formula is C30H47PS2. The molecule has 0 amide bonds. The number of thiol groups is 1. The van der Waals surface area contributed by atoms with Crippen molar-refractivity contribution in [2.75, 3.05) is 0 Å². The van der Waals surface area contributed by atoms with Crippen molar-refractivity contribution in [3.63, 3.8) is 0 Å². The lowest BCUT2D eigenvalue weighted by Gasteiger charge is -2.17. The van der Waals surface area contributed by atoms with E-state index < -0.39 is 5.24 Å². The maximum atomic E-state index is 5.99. The Kier molecular flexibility index (Phi) is 14.7. The van der Waals surface area contributed by atoms with Crippen LogP contribution < -0.4 is 0 Å². The molecular weight excluding hydrogens is 455 g/mol. The second-order valence-corrected chi connectivity index (χ2v) is 17.4. The van der Waals surface area contributed by atoms with Crippen LogP contribution in [0, 0.1) is 0 Å². The Labute approximate surface area is 215 Å². The minimum Gasteiger partial charge on any atom is -0.140 e. The van der Waals surface area contributed by atoms with E-state index >= 15 is 0 Å². The van der Waals surface area contributed by atoms with Crippen LogP contribution >= 0.6 is 17.5 Å². The third-order valence-electron chi connectivity index (χ3n) is 6.54. The van der Waals surface area contributed by atoms with Crippen LogP contribution in [0.2, 0.25) is 0 Å². The zero-order valence-corrected chi connectivity index (χ0v) is 23.8. The molecule has 0 spiro atoms. The van der Waals surface area contributed by atoms with Crippen LogP contribution in [0.15, 0.2) is 48.5 Å².